The van der Waals surface area contributed by atoms with Crippen molar-refractivity contribution in [1.29, 1.82) is 0 Å². The van der Waals surface area contributed by atoms with Crippen LogP contribution in [0, 0.1) is 0 Å². The van der Waals surface area contributed by atoms with Crippen LogP contribution in [0.1, 0.15) is 27.2 Å². The maximum Gasteiger partial charge on any atom is 0.335 e. The summed E-state index contributed by atoms with van der Waals surface area (Å²) in [5.74, 6) is -0.918. The van der Waals surface area contributed by atoms with Crippen molar-refractivity contribution in [2.24, 2.45) is 7.05 Å². The fourth-order valence-corrected chi connectivity index (χ4v) is 3.14. The molecule has 1 aromatic carbocycles. The summed E-state index contributed by atoms with van der Waals surface area (Å²) in [5.41, 5.74) is 5.28. The molecule has 2 aromatic heterocycles. The van der Waals surface area contributed by atoms with E-state index >= 15 is 0 Å². The van der Waals surface area contributed by atoms with E-state index < -0.39 is 5.97 Å². The molecule has 0 aliphatic carbocycles. The van der Waals surface area contributed by atoms with E-state index in [4.69, 9.17) is 10.2 Å². The van der Waals surface area contributed by atoms with Crippen molar-refractivity contribution >= 4 is 5.97 Å². The first kappa shape index (κ1) is 15.5. The van der Waals surface area contributed by atoms with E-state index in [-0.39, 0.29) is 5.56 Å². The average Bonchev–Trinajstić information content (AvgIpc) is 3.20. The van der Waals surface area contributed by atoms with Gasteiger partial charge in [0.1, 0.15) is 11.4 Å². The molecule has 1 aliphatic rings. The van der Waals surface area contributed by atoms with Crippen LogP contribution >= 0.6 is 0 Å². The van der Waals surface area contributed by atoms with Gasteiger partial charge in [0.15, 0.2) is 0 Å². The summed E-state index contributed by atoms with van der Waals surface area (Å²) >= 11 is 0. The van der Waals surface area contributed by atoms with Gasteiger partial charge in [0.2, 0.25) is 0 Å². The molecule has 0 fully saturated rings. The monoisotopic (exact) mass is 338 g/mol. The Morgan fingerprint density at radius 3 is 2.80 bits per heavy atom. The maximum absolute atomic E-state index is 11.0. The van der Waals surface area contributed by atoms with E-state index in [0.29, 0.717) is 6.54 Å². The minimum Gasteiger partial charge on any atom is -0.478 e. The van der Waals surface area contributed by atoms with Crippen LogP contribution in [0.3, 0.4) is 0 Å². The van der Waals surface area contributed by atoms with Crippen LogP contribution < -0.4 is 5.32 Å². The van der Waals surface area contributed by atoms with Gasteiger partial charge in [-0.1, -0.05) is 17.3 Å². The SMILES string of the molecule is Cn1cc(-c2nn(Cc3ccc(C(=O)O)cc3)c3c2CNCC3)nn1. The summed E-state index contributed by atoms with van der Waals surface area (Å²) in [6.07, 6.45) is 2.76. The van der Waals surface area contributed by atoms with Gasteiger partial charge in [-0.3, -0.25) is 9.36 Å². The van der Waals surface area contributed by atoms with Gasteiger partial charge in [0.05, 0.1) is 18.3 Å². The highest BCUT2D eigenvalue weighted by molar-refractivity contribution is 5.87. The number of carboxylic acid groups (broad SMARTS) is 1. The predicted molar refractivity (Wildman–Crippen MR) is 90.1 cm³/mol. The van der Waals surface area contributed by atoms with Crippen molar-refractivity contribution in [2.75, 3.05) is 6.54 Å². The fourth-order valence-electron chi connectivity index (χ4n) is 3.14. The largest absolute Gasteiger partial charge is 0.478 e. The van der Waals surface area contributed by atoms with Crippen molar-refractivity contribution in [3.05, 3.63) is 52.8 Å². The van der Waals surface area contributed by atoms with Crippen LogP contribution in [0.25, 0.3) is 11.4 Å². The number of rotatable bonds is 4. The van der Waals surface area contributed by atoms with E-state index in [1.807, 2.05) is 30.1 Å². The van der Waals surface area contributed by atoms with E-state index in [0.717, 1.165) is 42.0 Å². The molecule has 4 rings (SSSR count). The molecule has 8 heteroatoms. The lowest BCUT2D eigenvalue weighted by molar-refractivity contribution is 0.0697. The number of hydrogen-bond donors (Lipinski definition) is 2. The summed E-state index contributed by atoms with van der Waals surface area (Å²) in [7, 11) is 1.84. The van der Waals surface area contributed by atoms with Gasteiger partial charge in [-0.15, -0.1) is 5.10 Å². The summed E-state index contributed by atoms with van der Waals surface area (Å²) in [4.78, 5) is 11.0. The highest BCUT2D eigenvalue weighted by Crippen LogP contribution is 2.26. The quantitative estimate of drug-likeness (QED) is 0.738. The van der Waals surface area contributed by atoms with Crippen molar-refractivity contribution in [3.63, 3.8) is 0 Å². The Hall–Kier alpha value is -3.00. The third kappa shape index (κ3) is 2.91. The third-order valence-corrected chi connectivity index (χ3v) is 4.39. The van der Waals surface area contributed by atoms with E-state index in [1.54, 1.807) is 16.8 Å². The molecule has 0 saturated heterocycles. The summed E-state index contributed by atoms with van der Waals surface area (Å²) in [6.45, 7) is 2.28. The maximum atomic E-state index is 11.0. The second-order valence-electron chi connectivity index (χ2n) is 6.14. The Kier molecular flexibility index (Phi) is 3.81. The molecule has 0 saturated carbocycles. The van der Waals surface area contributed by atoms with Crippen molar-refractivity contribution in [3.8, 4) is 11.4 Å². The number of hydrogen-bond acceptors (Lipinski definition) is 5. The van der Waals surface area contributed by atoms with Gasteiger partial charge in [-0.05, 0) is 17.7 Å². The van der Waals surface area contributed by atoms with Gasteiger partial charge in [0.25, 0.3) is 0 Å². The second kappa shape index (κ2) is 6.14. The molecular formula is C17H18N6O2. The average molecular weight is 338 g/mol. The van der Waals surface area contributed by atoms with Crippen molar-refractivity contribution in [1.82, 2.24) is 30.1 Å². The standard InChI is InChI=1S/C17H18N6O2/c1-22-10-14(19-21-22)16-13-8-18-7-6-15(13)23(20-16)9-11-2-4-12(5-3-11)17(24)25/h2-5,10,18H,6-9H2,1H3,(H,24,25). The first-order valence-electron chi connectivity index (χ1n) is 8.10. The first-order chi connectivity index (χ1) is 12.1. The predicted octanol–water partition coefficient (Wildman–Crippen LogP) is 1.07. The van der Waals surface area contributed by atoms with E-state index in [2.05, 4.69) is 15.6 Å². The molecule has 128 valence electrons. The molecule has 25 heavy (non-hydrogen) atoms. The highest BCUT2D eigenvalue weighted by Gasteiger charge is 2.23. The number of aromatic carboxylic acids is 1. The van der Waals surface area contributed by atoms with Crippen molar-refractivity contribution in [2.45, 2.75) is 19.5 Å². The molecule has 3 heterocycles. The lowest BCUT2D eigenvalue weighted by Crippen LogP contribution is -2.25. The smallest absolute Gasteiger partial charge is 0.335 e. The number of benzene rings is 1. The number of aromatic nitrogens is 5. The second-order valence-corrected chi connectivity index (χ2v) is 6.14. The molecule has 8 nitrogen and oxygen atoms in total. The van der Waals surface area contributed by atoms with Crippen molar-refractivity contribution < 1.29 is 9.90 Å². The summed E-state index contributed by atoms with van der Waals surface area (Å²) < 4.78 is 3.66. The normalized spacial score (nSPS) is 13.6. The fraction of sp³-hybridized carbons (Fsp3) is 0.294. The van der Waals surface area contributed by atoms with Crippen LogP contribution in [0.4, 0.5) is 0 Å². The molecule has 0 amide bonds. The topological polar surface area (TPSA) is 97.9 Å². The lowest BCUT2D eigenvalue weighted by Gasteiger charge is -2.15. The number of fused-ring (bicyclic) bond motifs is 1. The molecular weight excluding hydrogens is 320 g/mol. The number of nitrogens with one attached hydrogen (secondary N) is 1. The number of nitrogens with zero attached hydrogens (tertiary/aromatic N) is 5. The van der Waals surface area contributed by atoms with Gasteiger partial charge in [-0.25, -0.2) is 4.79 Å². The van der Waals surface area contributed by atoms with E-state index in [1.165, 1.54) is 5.69 Å². The molecule has 0 bridgehead atoms. The zero-order valence-corrected chi connectivity index (χ0v) is 13.8. The first-order valence-corrected chi connectivity index (χ1v) is 8.10. The van der Waals surface area contributed by atoms with Gasteiger partial charge in [0, 0.05) is 37.8 Å². The zero-order valence-electron chi connectivity index (χ0n) is 13.8. The Labute approximate surface area is 144 Å². The number of carboxylic acids is 1. The molecule has 0 atom stereocenters. The summed E-state index contributed by atoms with van der Waals surface area (Å²) in [6, 6.07) is 6.92. The molecule has 0 spiro atoms. The number of aryl methyl sites for hydroxylation is 1. The molecule has 0 unspecified atom stereocenters. The van der Waals surface area contributed by atoms with Crippen LogP contribution in [0.2, 0.25) is 0 Å². The summed E-state index contributed by atoms with van der Waals surface area (Å²) in [5, 5.41) is 25.4. The lowest BCUT2D eigenvalue weighted by atomic mass is 10.1. The van der Waals surface area contributed by atoms with Gasteiger partial charge < -0.3 is 10.4 Å². The molecule has 1 aliphatic heterocycles. The molecule has 2 N–H and O–H groups in total. The zero-order chi connectivity index (χ0) is 17.4. The van der Waals surface area contributed by atoms with Crippen LogP contribution in [0.5, 0.6) is 0 Å². The Morgan fingerprint density at radius 1 is 1.32 bits per heavy atom. The molecule has 0 radical (unpaired) electrons. The van der Waals surface area contributed by atoms with Crippen LogP contribution in [0.15, 0.2) is 30.5 Å². The van der Waals surface area contributed by atoms with Crippen LogP contribution in [-0.4, -0.2) is 42.4 Å². The van der Waals surface area contributed by atoms with Gasteiger partial charge in [-0.2, -0.15) is 5.10 Å². The van der Waals surface area contributed by atoms with E-state index in [9.17, 15) is 4.79 Å². The van der Waals surface area contributed by atoms with Gasteiger partial charge >= 0.3 is 5.97 Å². The van der Waals surface area contributed by atoms with Crippen LogP contribution in [-0.2, 0) is 26.6 Å². The highest BCUT2D eigenvalue weighted by atomic mass is 16.4. The third-order valence-electron chi connectivity index (χ3n) is 4.39. The Balaban J connectivity index is 1.69. The Bertz CT molecular complexity index is 925. The minimum atomic E-state index is -0.918. The number of carbonyl (C=O) groups is 1. The Morgan fingerprint density at radius 2 is 2.12 bits per heavy atom. The minimum absolute atomic E-state index is 0.288. The molecule has 3 aromatic rings.